The number of hydrogen-bond donors (Lipinski definition) is 1. The predicted octanol–water partition coefficient (Wildman–Crippen LogP) is 1.33. The average Bonchev–Trinajstić information content (AvgIpc) is 2.28. The highest BCUT2D eigenvalue weighted by molar-refractivity contribution is 6.43. The van der Waals surface area contributed by atoms with Gasteiger partial charge in [-0.05, 0) is 18.1 Å². The molecule has 90 valence electrons. The lowest BCUT2D eigenvalue weighted by molar-refractivity contribution is -0.138. The number of aliphatic carboxylic acids is 1. The molecular formula is C12H13NO4. The van der Waals surface area contributed by atoms with Gasteiger partial charge in [-0.1, -0.05) is 6.92 Å². The van der Waals surface area contributed by atoms with Gasteiger partial charge in [0.15, 0.2) is 0 Å². The minimum atomic E-state index is -0.971. The molecule has 0 bridgehead atoms. The summed E-state index contributed by atoms with van der Waals surface area (Å²) in [6, 6.07) is 2.92. The number of pyridine rings is 1. The minimum absolute atomic E-state index is 0.0482. The Hall–Kier alpha value is -2.04. The molecule has 1 rings (SSSR count). The highest BCUT2D eigenvalue weighted by Gasteiger charge is 2.19. The standard InChI is InChI=1S/C12H13NO4/c1-8(7-11(15)16)6-10(14)12(17)9-2-4-13-5-3-9/h2-5,8H,6-7H2,1H3,(H,15,16). The Labute approximate surface area is 98.5 Å². The maximum atomic E-state index is 11.6. The SMILES string of the molecule is CC(CC(=O)O)CC(=O)C(=O)c1ccncc1. The van der Waals surface area contributed by atoms with Crippen LogP contribution in [0.2, 0.25) is 0 Å². The third kappa shape index (κ3) is 4.14. The molecule has 0 aliphatic carbocycles. The van der Waals surface area contributed by atoms with Crippen molar-refractivity contribution in [2.45, 2.75) is 19.8 Å². The quantitative estimate of drug-likeness (QED) is 0.594. The number of Topliss-reactive ketones (excluding diaryl/α,β-unsaturated/α-hetero) is 2. The van der Waals surface area contributed by atoms with E-state index in [0.29, 0.717) is 0 Å². The highest BCUT2D eigenvalue weighted by Crippen LogP contribution is 2.10. The lowest BCUT2D eigenvalue weighted by Gasteiger charge is -2.06. The lowest BCUT2D eigenvalue weighted by Crippen LogP contribution is -2.18. The zero-order chi connectivity index (χ0) is 12.8. The maximum Gasteiger partial charge on any atom is 0.303 e. The first-order valence-electron chi connectivity index (χ1n) is 5.20. The van der Waals surface area contributed by atoms with Crippen molar-refractivity contribution in [1.82, 2.24) is 4.98 Å². The van der Waals surface area contributed by atoms with Crippen LogP contribution in [-0.4, -0.2) is 27.6 Å². The van der Waals surface area contributed by atoms with E-state index in [0.717, 1.165) is 0 Å². The van der Waals surface area contributed by atoms with Crippen LogP contribution < -0.4 is 0 Å². The Morgan fingerprint density at radius 2 is 1.82 bits per heavy atom. The van der Waals surface area contributed by atoms with Gasteiger partial charge >= 0.3 is 5.97 Å². The van der Waals surface area contributed by atoms with Crippen molar-refractivity contribution in [1.29, 1.82) is 0 Å². The second-order valence-corrected chi connectivity index (χ2v) is 3.90. The number of carbonyl (C=O) groups excluding carboxylic acids is 2. The zero-order valence-corrected chi connectivity index (χ0v) is 9.42. The van der Waals surface area contributed by atoms with Gasteiger partial charge in [0.05, 0.1) is 0 Å². The molecule has 0 fully saturated rings. The molecule has 0 saturated heterocycles. The van der Waals surface area contributed by atoms with Crippen molar-refractivity contribution in [2.24, 2.45) is 5.92 Å². The summed E-state index contributed by atoms with van der Waals surface area (Å²) < 4.78 is 0. The summed E-state index contributed by atoms with van der Waals surface area (Å²) in [7, 11) is 0. The fourth-order valence-electron chi connectivity index (χ4n) is 1.44. The predicted molar refractivity (Wildman–Crippen MR) is 59.6 cm³/mol. The normalized spacial score (nSPS) is 11.8. The number of nitrogens with zero attached hydrogens (tertiary/aromatic N) is 1. The fraction of sp³-hybridized carbons (Fsp3) is 0.333. The fourth-order valence-corrected chi connectivity index (χ4v) is 1.44. The van der Waals surface area contributed by atoms with Gasteiger partial charge in [-0.3, -0.25) is 19.4 Å². The molecule has 0 spiro atoms. The van der Waals surface area contributed by atoms with Crippen LogP contribution in [-0.2, 0) is 9.59 Å². The van der Waals surface area contributed by atoms with E-state index >= 15 is 0 Å². The van der Waals surface area contributed by atoms with Crippen LogP contribution in [0, 0.1) is 5.92 Å². The smallest absolute Gasteiger partial charge is 0.303 e. The zero-order valence-electron chi connectivity index (χ0n) is 9.42. The van der Waals surface area contributed by atoms with Gasteiger partial charge in [0, 0.05) is 30.8 Å². The summed E-state index contributed by atoms with van der Waals surface area (Å²) in [6.07, 6.45) is 2.70. The summed E-state index contributed by atoms with van der Waals surface area (Å²) >= 11 is 0. The lowest BCUT2D eigenvalue weighted by atomic mass is 9.97. The molecule has 1 N–H and O–H groups in total. The van der Waals surface area contributed by atoms with E-state index in [-0.39, 0.29) is 24.3 Å². The van der Waals surface area contributed by atoms with Crippen LogP contribution >= 0.6 is 0 Å². The molecule has 1 unspecified atom stereocenters. The Bertz CT molecular complexity index is 427. The third-order valence-electron chi connectivity index (χ3n) is 2.25. The van der Waals surface area contributed by atoms with Gasteiger partial charge in [0.2, 0.25) is 11.6 Å². The number of carbonyl (C=O) groups is 3. The molecule has 0 amide bonds. The second-order valence-electron chi connectivity index (χ2n) is 3.90. The molecule has 0 saturated carbocycles. The molecule has 0 aliphatic heterocycles. The van der Waals surface area contributed by atoms with E-state index in [1.165, 1.54) is 24.5 Å². The van der Waals surface area contributed by atoms with Crippen molar-refractivity contribution in [3.63, 3.8) is 0 Å². The molecule has 5 nitrogen and oxygen atoms in total. The third-order valence-corrected chi connectivity index (χ3v) is 2.25. The van der Waals surface area contributed by atoms with Gasteiger partial charge in [0.25, 0.3) is 0 Å². The number of hydrogen-bond acceptors (Lipinski definition) is 4. The van der Waals surface area contributed by atoms with Gasteiger partial charge < -0.3 is 5.11 Å². The van der Waals surface area contributed by atoms with Gasteiger partial charge in [-0.15, -0.1) is 0 Å². The highest BCUT2D eigenvalue weighted by atomic mass is 16.4. The van der Waals surface area contributed by atoms with E-state index in [1.807, 2.05) is 0 Å². The van der Waals surface area contributed by atoms with Crippen LogP contribution in [0.25, 0.3) is 0 Å². The van der Waals surface area contributed by atoms with Crippen LogP contribution in [0.1, 0.15) is 30.1 Å². The summed E-state index contributed by atoms with van der Waals surface area (Å²) in [4.78, 5) is 37.4. The number of ketones is 2. The van der Waals surface area contributed by atoms with Crippen LogP contribution in [0.5, 0.6) is 0 Å². The Kier molecular flexibility index (Phi) is 4.51. The molecule has 1 heterocycles. The van der Waals surface area contributed by atoms with E-state index in [9.17, 15) is 14.4 Å². The van der Waals surface area contributed by atoms with Crippen LogP contribution in [0.3, 0.4) is 0 Å². The topological polar surface area (TPSA) is 84.3 Å². The Morgan fingerprint density at radius 3 is 2.35 bits per heavy atom. The van der Waals surface area contributed by atoms with Crippen molar-refractivity contribution in [2.75, 3.05) is 0 Å². The minimum Gasteiger partial charge on any atom is -0.481 e. The molecule has 0 radical (unpaired) electrons. The molecular weight excluding hydrogens is 222 g/mol. The summed E-state index contributed by atoms with van der Waals surface area (Å²) in [5.41, 5.74) is 0.285. The van der Waals surface area contributed by atoms with Crippen molar-refractivity contribution >= 4 is 17.5 Å². The number of rotatable bonds is 6. The summed E-state index contributed by atoms with van der Waals surface area (Å²) in [5, 5.41) is 8.55. The molecule has 1 aromatic heterocycles. The molecule has 0 aromatic carbocycles. The first kappa shape index (κ1) is 13.0. The van der Waals surface area contributed by atoms with Crippen molar-refractivity contribution < 1.29 is 19.5 Å². The van der Waals surface area contributed by atoms with Crippen molar-refractivity contribution in [3.8, 4) is 0 Å². The van der Waals surface area contributed by atoms with Crippen LogP contribution in [0.15, 0.2) is 24.5 Å². The number of aromatic nitrogens is 1. The van der Waals surface area contributed by atoms with Crippen LogP contribution in [0.4, 0.5) is 0 Å². The summed E-state index contributed by atoms with van der Waals surface area (Å²) in [5.74, 6) is -2.47. The molecule has 0 aliphatic rings. The van der Waals surface area contributed by atoms with E-state index < -0.39 is 17.5 Å². The van der Waals surface area contributed by atoms with Gasteiger partial charge in [-0.25, -0.2) is 0 Å². The average molecular weight is 235 g/mol. The number of carboxylic acids is 1. The maximum absolute atomic E-state index is 11.6. The van der Waals surface area contributed by atoms with E-state index in [1.54, 1.807) is 6.92 Å². The summed E-state index contributed by atoms with van der Waals surface area (Å²) in [6.45, 7) is 1.63. The first-order valence-corrected chi connectivity index (χ1v) is 5.20. The number of carboxylic acid groups (broad SMARTS) is 1. The van der Waals surface area contributed by atoms with E-state index in [2.05, 4.69) is 4.98 Å². The molecule has 1 aromatic rings. The second kappa shape index (κ2) is 5.89. The first-order chi connectivity index (χ1) is 8.00. The Balaban J connectivity index is 2.60. The Morgan fingerprint density at radius 1 is 1.24 bits per heavy atom. The van der Waals surface area contributed by atoms with Gasteiger partial charge in [-0.2, -0.15) is 0 Å². The molecule has 5 heteroatoms. The molecule has 17 heavy (non-hydrogen) atoms. The van der Waals surface area contributed by atoms with E-state index in [4.69, 9.17) is 5.11 Å². The van der Waals surface area contributed by atoms with Gasteiger partial charge in [0.1, 0.15) is 0 Å². The molecule has 1 atom stereocenters. The monoisotopic (exact) mass is 235 g/mol. The largest absolute Gasteiger partial charge is 0.481 e. The van der Waals surface area contributed by atoms with Crippen molar-refractivity contribution in [3.05, 3.63) is 30.1 Å².